The van der Waals surface area contributed by atoms with E-state index in [9.17, 15) is 0 Å². The molecule has 1 aliphatic rings. The Hall–Kier alpha value is -0.890. The number of rotatable bonds is 1. The van der Waals surface area contributed by atoms with Crippen LogP contribution in [0.3, 0.4) is 0 Å². The molecule has 0 spiro atoms. The fourth-order valence-electron chi connectivity index (χ4n) is 2.56. The van der Waals surface area contributed by atoms with Crippen molar-refractivity contribution in [1.29, 1.82) is 0 Å². The lowest BCUT2D eigenvalue weighted by molar-refractivity contribution is 0.354. The molecule has 0 saturated heterocycles. The summed E-state index contributed by atoms with van der Waals surface area (Å²) >= 11 is 0. The van der Waals surface area contributed by atoms with Gasteiger partial charge < -0.3 is 5.73 Å². The minimum absolute atomic E-state index is 0.207. The third kappa shape index (κ3) is 1.55. The van der Waals surface area contributed by atoms with E-state index in [0.717, 1.165) is 6.42 Å². The van der Waals surface area contributed by atoms with Crippen LogP contribution in [0.5, 0.6) is 0 Å². The van der Waals surface area contributed by atoms with Crippen LogP contribution in [0.1, 0.15) is 37.4 Å². The summed E-state index contributed by atoms with van der Waals surface area (Å²) in [6, 6.07) is 4.41. The molecule has 0 radical (unpaired) electrons. The maximum absolute atomic E-state index is 6.03. The molecule has 76 valence electrons. The molecule has 2 N–H and O–H groups in total. The van der Waals surface area contributed by atoms with E-state index in [4.69, 9.17) is 5.73 Å². The maximum atomic E-state index is 6.03. The third-order valence-corrected chi connectivity index (χ3v) is 3.29. The van der Waals surface area contributed by atoms with Crippen molar-refractivity contribution in [1.82, 2.24) is 4.98 Å². The van der Waals surface area contributed by atoms with Gasteiger partial charge in [0.25, 0.3) is 0 Å². The molecule has 1 aromatic rings. The van der Waals surface area contributed by atoms with Crippen LogP contribution in [0.2, 0.25) is 0 Å². The van der Waals surface area contributed by atoms with Crippen LogP contribution in [0.25, 0.3) is 0 Å². The molecule has 3 atom stereocenters. The standard InChI is InChI=1S/C12H18N2/c1-8-5-6-10-4-3-7-14-12(10)11(8)9(2)13/h3-4,7-9,11H,5-6,13H2,1-2H3. The number of pyridine rings is 1. The van der Waals surface area contributed by atoms with Gasteiger partial charge in [-0.15, -0.1) is 0 Å². The summed E-state index contributed by atoms with van der Waals surface area (Å²) in [6.07, 6.45) is 4.28. The Bertz CT molecular complexity index is 320. The first kappa shape index (κ1) is 9.66. The molecule has 2 nitrogen and oxygen atoms in total. The van der Waals surface area contributed by atoms with E-state index in [0.29, 0.717) is 11.8 Å². The largest absolute Gasteiger partial charge is 0.327 e. The van der Waals surface area contributed by atoms with Gasteiger partial charge in [0.05, 0.1) is 0 Å². The summed E-state index contributed by atoms with van der Waals surface area (Å²) in [5.41, 5.74) is 8.67. The first-order chi connectivity index (χ1) is 6.70. The second-order valence-corrected chi connectivity index (χ2v) is 4.45. The Balaban J connectivity index is 2.41. The zero-order valence-electron chi connectivity index (χ0n) is 8.90. The summed E-state index contributed by atoms with van der Waals surface area (Å²) in [4.78, 5) is 4.49. The van der Waals surface area contributed by atoms with Gasteiger partial charge in [-0.1, -0.05) is 13.0 Å². The lowest BCUT2D eigenvalue weighted by Gasteiger charge is -2.32. The van der Waals surface area contributed by atoms with E-state index >= 15 is 0 Å². The van der Waals surface area contributed by atoms with Crippen LogP contribution >= 0.6 is 0 Å². The monoisotopic (exact) mass is 190 g/mol. The van der Waals surface area contributed by atoms with Crippen molar-refractivity contribution in [2.75, 3.05) is 0 Å². The molecule has 1 aromatic heterocycles. The minimum Gasteiger partial charge on any atom is -0.327 e. The number of hydrogen-bond donors (Lipinski definition) is 1. The number of aromatic nitrogens is 1. The first-order valence-corrected chi connectivity index (χ1v) is 5.39. The van der Waals surface area contributed by atoms with Gasteiger partial charge in [0, 0.05) is 23.9 Å². The SMILES string of the molecule is CC(N)C1c2ncccc2CCC1C. The topological polar surface area (TPSA) is 38.9 Å². The van der Waals surface area contributed by atoms with Gasteiger partial charge in [-0.05, 0) is 37.3 Å². The highest BCUT2D eigenvalue weighted by Gasteiger charge is 2.29. The summed E-state index contributed by atoms with van der Waals surface area (Å²) in [6.45, 7) is 4.37. The lowest BCUT2D eigenvalue weighted by Crippen LogP contribution is -2.33. The molecular formula is C12H18N2. The molecule has 1 heterocycles. The van der Waals surface area contributed by atoms with Crippen LogP contribution < -0.4 is 5.73 Å². The van der Waals surface area contributed by atoms with Crippen LogP contribution in [-0.2, 0) is 6.42 Å². The Morgan fingerprint density at radius 1 is 1.57 bits per heavy atom. The average Bonchev–Trinajstić information content (AvgIpc) is 2.17. The molecule has 2 heteroatoms. The first-order valence-electron chi connectivity index (χ1n) is 5.39. The quantitative estimate of drug-likeness (QED) is 0.736. The highest BCUT2D eigenvalue weighted by molar-refractivity contribution is 5.27. The van der Waals surface area contributed by atoms with Crippen molar-refractivity contribution in [3.05, 3.63) is 29.6 Å². The van der Waals surface area contributed by atoms with Crippen LogP contribution in [0, 0.1) is 5.92 Å². The van der Waals surface area contributed by atoms with E-state index < -0.39 is 0 Å². The van der Waals surface area contributed by atoms with Crippen molar-refractivity contribution >= 4 is 0 Å². The average molecular weight is 190 g/mol. The van der Waals surface area contributed by atoms with Gasteiger partial charge in [-0.2, -0.15) is 0 Å². The van der Waals surface area contributed by atoms with Crippen molar-refractivity contribution in [3.63, 3.8) is 0 Å². The van der Waals surface area contributed by atoms with Crippen molar-refractivity contribution in [2.24, 2.45) is 11.7 Å². The molecule has 1 aliphatic carbocycles. The van der Waals surface area contributed by atoms with Gasteiger partial charge in [-0.3, -0.25) is 4.98 Å². The third-order valence-electron chi connectivity index (χ3n) is 3.29. The molecule has 14 heavy (non-hydrogen) atoms. The predicted molar refractivity (Wildman–Crippen MR) is 58.1 cm³/mol. The smallest absolute Gasteiger partial charge is 0.0484 e. The number of fused-ring (bicyclic) bond motifs is 1. The molecule has 0 bridgehead atoms. The molecule has 2 rings (SSSR count). The Labute approximate surface area is 85.5 Å². The molecule has 0 aliphatic heterocycles. The van der Waals surface area contributed by atoms with E-state index in [-0.39, 0.29) is 6.04 Å². The Morgan fingerprint density at radius 2 is 2.36 bits per heavy atom. The Kier molecular flexibility index (Phi) is 2.55. The summed E-state index contributed by atoms with van der Waals surface area (Å²) in [5.74, 6) is 1.11. The summed E-state index contributed by atoms with van der Waals surface area (Å²) in [5, 5.41) is 0. The van der Waals surface area contributed by atoms with Gasteiger partial charge in [0.2, 0.25) is 0 Å². The van der Waals surface area contributed by atoms with E-state index in [1.165, 1.54) is 17.7 Å². The highest BCUT2D eigenvalue weighted by Crippen LogP contribution is 2.35. The zero-order valence-corrected chi connectivity index (χ0v) is 8.90. The lowest BCUT2D eigenvalue weighted by atomic mass is 9.75. The predicted octanol–water partition coefficient (Wildman–Crippen LogP) is 2.09. The second kappa shape index (κ2) is 3.70. The molecule has 0 saturated carbocycles. The molecule has 0 aromatic carbocycles. The molecular weight excluding hydrogens is 172 g/mol. The number of aryl methyl sites for hydroxylation is 1. The van der Waals surface area contributed by atoms with Gasteiger partial charge in [0.1, 0.15) is 0 Å². The van der Waals surface area contributed by atoms with E-state index in [2.05, 4.69) is 24.9 Å². The number of nitrogens with zero attached hydrogens (tertiary/aromatic N) is 1. The molecule has 0 fully saturated rings. The molecule has 3 unspecified atom stereocenters. The van der Waals surface area contributed by atoms with Crippen molar-refractivity contribution in [3.8, 4) is 0 Å². The highest BCUT2D eigenvalue weighted by atomic mass is 14.7. The molecule has 0 amide bonds. The van der Waals surface area contributed by atoms with Crippen molar-refractivity contribution < 1.29 is 0 Å². The zero-order chi connectivity index (χ0) is 10.1. The summed E-state index contributed by atoms with van der Waals surface area (Å²) < 4.78 is 0. The van der Waals surface area contributed by atoms with E-state index in [1.807, 2.05) is 12.3 Å². The second-order valence-electron chi connectivity index (χ2n) is 4.45. The number of hydrogen-bond acceptors (Lipinski definition) is 2. The fourth-order valence-corrected chi connectivity index (χ4v) is 2.56. The van der Waals surface area contributed by atoms with Crippen LogP contribution in [0.15, 0.2) is 18.3 Å². The fraction of sp³-hybridized carbons (Fsp3) is 0.583. The van der Waals surface area contributed by atoms with E-state index in [1.54, 1.807) is 0 Å². The van der Waals surface area contributed by atoms with Crippen LogP contribution in [0.4, 0.5) is 0 Å². The van der Waals surface area contributed by atoms with Gasteiger partial charge in [-0.25, -0.2) is 0 Å². The number of nitrogens with two attached hydrogens (primary N) is 1. The van der Waals surface area contributed by atoms with Gasteiger partial charge in [0.15, 0.2) is 0 Å². The summed E-state index contributed by atoms with van der Waals surface area (Å²) in [7, 11) is 0. The normalized spacial score (nSPS) is 28.2. The van der Waals surface area contributed by atoms with Gasteiger partial charge >= 0.3 is 0 Å². The Morgan fingerprint density at radius 3 is 3.07 bits per heavy atom. The maximum Gasteiger partial charge on any atom is 0.0484 e. The minimum atomic E-state index is 0.207. The van der Waals surface area contributed by atoms with Crippen LogP contribution in [-0.4, -0.2) is 11.0 Å². The van der Waals surface area contributed by atoms with Crippen molar-refractivity contribution in [2.45, 2.75) is 38.6 Å².